The normalized spacial score (nSPS) is 11.1. The molecule has 29 heavy (non-hydrogen) atoms. The molecule has 0 aliphatic rings. The highest BCUT2D eigenvalue weighted by Gasteiger charge is 2.18. The average Bonchev–Trinajstić information content (AvgIpc) is 3.08. The SMILES string of the molecule is CNCc1cc(-c2ccc(F)cc2)n(S(=O)(=O)CC=Cc2cccnc2)c1.Cl.Cl. The number of aromatic nitrogens is 2. The molecule has 0 unspecified atom stereocenters. The Hall–Kier alpha value is -2.19. The van der Waals surface area contributed by atoms with E-state index in [2.05, 4.69) is 10.3 Å². The molecule has 5 nitrogen and oxygen atoms in total. The van der Waals surface area contributed by atoms with Gasteiger partial charge in [0.1, 0.15) is 5.82 Å². The van der Waals surface area contributed by atoms with Crippen molar-refractivity contribution >= 4 is 40.9 Å². The third-order valence-corrected chi connectivity index (χ3v) is 5.48. The van der Waals surface area contributed by atoms with E-state index in [0.717, 1.165) is 11.1 Å². The molecule has 0 saturated heterocycles. The van der Waals surface area contributed by atoms with Gasteiger partial charge in [0.15, 0.2) is 0 Å². The van der Waals surface area contributed by atoms with E-state index >= 15 is 0 Å². The highest BCUT2D eigenvalue weighted by atomic mass is 35.5. The first-order chi connectivity index (χ1) is 13.0. The molecular weight excluding hydrogens is 436 g/mol. The maximum absolute atomic E-state index is 13.2. The van der Waals surface area contributed by atoms with Crippen molar-refractivity contribution in [3.05, 3.63) is 84.1 Å². The van der Waals surface area contributed by atoms with Gasteiger partial charge in [0, 0.05) is 25.1 Å². The molecule has 0 atom stereocenters. The van der Waals surface area contributed by atoms with E-state index in [-0.39, 0.29) is 36.4 Å². The maximum Gasteiger partial charge on any atom is 0.242 e. The molecule has 1 N–H and O–H groups in total. The Bertz CT molecular complexity index is 1040. The van der Waals surface area contributed by atoms with Crippen LogP contribution in [0, 0.1) is 5.82 Å². The summed E-state index contributed by atoms with van der Waals surface area (Å²) in [4.78, 5) is 4.00. The van der Waals surface area contributed by atoms with Crippen molar-refractivity contribution in [1.29, 1.82) is 0 Å². The number of rotatable bonds is 7. The highest BCUT2D eigenvalue weighted by Crippen LogP contribution is 2.25. The van der Waals surface area contributed by atoms with Gasteiger partial charge in [-0.2, -0.15) is 0 Å². The lowest BCUT2D eigenvalue weighted by atomic mass is 10.1. The summed E-state index contributed by atoms with van der Waals surface area (Å²) in [6, 6.07) is 11.2. The molecule has 0 aliphatic carbocycles. The fourth-order valence-electron chi connectivity index (χ4n) is 2.72. The molecule has 3 rings (SSSR count). The summed E-state index contributed by atoms with van der Waals surface area (Å²) >= 11 is 0. The van der Waals surface area contributed by atoms with Crippen molar-refractivity contribution < 1.29 is 12.8 Å². The molecule has 0 fully saturated rings. The minimum Gasteiger partial charge on any atom is -0.316 e. The lowest BCUT2D eigenvalue weighted by molar-refractivity contribution is 0.591. The van der Waals surface area contributed by atoms with Gasteiger partial charge in [0.05, 0.1) is 11.4 Å². The number of hydrogen-bond acceptors (Lipinski definition) is 4. The minimum absolute atomic E-state index is 0. The summed E-state index contributed by atoms with van der Waals surface area (Å²) in [5.41, 5.74) is 2.81. The first-order valence-corrected chi connectivity index (χ1v) is 10.0. The van der Waals surface area contributed by atoms with Crippen LogP contribution in [0.3, 0.4) is 0 Å². The molecule has 0 amide bonds. The van der Waals surface area contributed by atoms with Crippen LogP contribution < -0.4 is 5.32 Å². The van der Waals surface area contributed by atoms with Gasteiger partial charge in [-0.3, -0.25) is 4.98 Å². The van der Waals surface area contributed by atoms with Crippen LogP contribution in [0.15, 0.2) is 67.1 Å². The zero-order valence-electron chi connectivity index (χ0n) is 15.7. The molecule has 0 radical (unpaired) electrons. The molecule has 2 aromatic heterocycles. The Morgan fingerprint density at radius 1 is 1.17 bits per heavy atom. The molecule has 0 bridgehead atoms. The summed E-state index contributed by atoms with van der Waals surface area (Å²) in [5.74, 6) is -0.529. The van der Waals surface area contributed by atoms with E-state index in [1.165, 1.54) is 16.1 Å². The second-order valence-electron chi connectivity index (χ2n) is 6.03. The summed E-state index contributed by atoms with van der Waals surface area (Å²) in [6.07, 6.45) is 8.24. The summed E-state index contributed by atoms with van der Waals surface area (Å²) in [7, 11) is -1.84. The lowest BCUT2D eigenvalue weighted by Gasteiger charge is -2.09. The van der Waals surface area contributed by atoms with Crippen LogP contribution in [0.25, 0.3) is 17.3 Å². The molecule has 0 saturated carbocycles. The third-order valence-electron chi connectivity index (χ3n) is 3.96. The predicted octanol–water partition coefficient (Wildman–Crippen LogP) is 4.14. The zero-order valence-corrected chi connectivity index (χ0v) is 18.1. The van der Waals surface area contributed by atoms with E-state index < -0.39 is 10.0 Å². The summed E-state index contributed by atoms with van der Waals surface area (Å²) < 4.78 is 40.3. The lowest BCUT2D eigenvalue weighted by Crippen LogP contribution is -2.15. The first kappa shape index (κ1) is 24.8. The predicted molar refractivity (Wildman–Crippen MR) is 120 cm³/mol. The molecule has 156 valence electrons. The highest BCUT2D eigenvalue weighted by molar-refractivity contribution is 7.90. The largest absolute Gasteiger partial charge is 0.316 e. The fourth-order valence-corrected chi connectivity index (χ4v) is 3.97. The van der Waals surface area contributed by atoms with Crippen LogP contribution in [-0.2, 0) is 16.6 Å². The first-order valence-electron chi connectivity index (χ1n) is 8.41. The second kappa shape index (κ2) is 11.1. The smallest absolute Gasteiger partial charge is 0.242 e. The number of pyridine rings is 1. The zero-order chi connectivity index (χ0) is 19.3. The molecule has 0 spiro atoms. The van der Waals surface area contributed by atoms with Crippen LogP contribution in [-0.4, -0.2) is 30.2 Å². The Morgan fingerprint density at radius 2 is 1.90 bits per heavy atom. The van der Waals surface area contributed by atoms with Gasteiger partial charge in [-0.1, -0.05) is 18.2 Å². The van der Waals surface area contributed by atoms with Crippen molar-refractivity contribution in [2.75, 3.05) is 12.8 Å². The number of nitrogens with one attached hydrogen (secondary N) is 1. The Morgan fingerprint density at radius 3 is 2.52 bits per heavy atom. The van der Waals surface area contributed by atoms with E-state index in [0.29, 0.717) is 17.8 Å². The van der Waals surface area contributed by atoms with E-state index in [4.69, 9.17) is 0 Å². The third kappa shape index (κ3) is 6.40. The monoisotopic (exact) mass is 457 g/mol. The number of halogens is 3. The van der Waals surface area contributed by atoms with Crippen molar-refractivity contribution in [1.82, 2.24) is 14.3 Å². The number of nitrogens with zero attached hydrogens (tertiary/aromatic N) is 2. The minimum atomic E-state index is -3.63. The van der Waals surface area contributed by atoms with Gasteiger partial charge in [-0.25, -0.2) is 16.8 Å². The van der Waals surface area contributed by atoms with Gasteiger partial charge in [-0.05, 0) is 60.1 Å². The van der Waals surface area contributed by atoms with Crippen LogP contribution in [0.2, 0.25) is 0 Å². The van der Waals surface area contributed by atoms with Gasteiger partial charge < -0.3 is 5.32 Å². The van der Waals surface area contributed by atoms with Gasteiger partial charge >= 0.3 is 0 Å². The van der Waals surface area contributed by atoms with E-state index in [1.54, 1.807) is 62.1 Å². The maximum atomic E-state index is 13.2. The van der Waals surface area contributed by atoms with Crippen LogP contribution in [0.1, 0.15) is 11.1 Å². The molecule has 2 heterocycles. The Labute approximate surface area is 182 Å². The molecule has 1 aromatic carbocycles. The van der Waals surface area contributed by atoms with Crippen LogP contribution in [0.4, 0.5) is 4.39 Å². The van der Waals surface area contributed by atoms with Crippen molar-refractivity contribution in [2.24, 2.45) is 0 Å². The molecule has 3 aromatic rings. The Kier molecular flexibility index (Phi) is 9.52. The van der Waals surface area contributed by atoms with E-state index in [1.807, 2.05) is 6.07 Å². The van der Waals surface area contributed by atoms with Crippen molar-refractivity contribution in [2.45, 2.75) is 6.54 Å². The molecule has 0 aliphatic heterocycles. The quantitative estimate of drug-likeness (QED) is 0.578. The number of benzene rings is 1. The Balaban J connectivity index is 0.00000210. The van der Waals surface area contributed by atoms with Crippen molar-refractivity contribution in [3.8, 4) is 11.3 Å². The van der Waals surface area contributed by atoms with E-state index in [9.17, 15) is 12.8 Å². The van der Waals surface area contributed by atoms with Gasteiger partial charge in [0.25, 0.3) is 0 Å². The fraction of sp³-hybridized carbons (Fsp3) is 0.150. The molecular formula is C20H22Cl2FN3O2S. The van der Waals surface area contributed by atoms with Gasteiger partial charge in [-0.15, -0.1) is 24.8 Å². The standard InChI is InChI=1S/C20H20FN3O2S.2ClH/c1-22-13-17-12-20(18-6-8-19(21)9-7-18)24(15-17)27(25,26)11-3-5-16-4-2-10-23-14-16;;/h2-10,12,14-15,22H,11,13H2,1H3;2*1H. The summed E-state index contributed by atoms with van der Waals surface area (Å²) in [6.45, 7) is 0.530. The topological polar surface area (TPSA) is 64.0 Å². The summed E-state index contributed by atoms with van der Waals surface area (Å²) in [5, 5.41) is 3.01. The molecule has 9 heteroatoms. The average molecular weight is 458 g/mol. The van der Waals surface area contributed by atoms with Gasteiger partial charge in [0.2, 0.25) is 10.0 Å². The van der Waals surface area contributed by atoms with Crippen LogP contribution in [0.5, 0.6) is 0 Å². The second-order valence-corrected chi connectivity index (χ2v) is 7.92. The van der Waals surface area contributed by atoms with Crippen LogP contribution >= 0.6 is 24.8 Å². The van der Waals surface area contributed by atoms with Crippen molar-refractivity contribution in [3.63, 3.8) is 0 Å². The number of hydrogen-bond donors (Lipinski definition) is 1.